The Labute approximate surface area is 169 Å². The number of aromatic nitrogens is 1. The number of hydrogen-bond acceptors (Lipinski definition) is 3. The van der Waals surface area contributed by atoms with E-state index >= 15 is 0 Å². The first-order valence-corrected chi connectivity index (χ1v) is 10.3. The Kier molecular flexibility index (Phi) is 5.22. The van der Waals surface area contributed by atoms with Crippen molar-refractivity contribution in [2.75, 3.05) is 4.90 Å². The minimum atomic E-state index is 0.0256. The quantitative estimate of drug-likeness (QED) is 0.417. The van der Waals surface area contributed by atoms with Gasteiger partial charge in [0, 0.05) is 0 Å². The summed E-state index contributed by atoms with van der Waals surface area (Å²) in [5.41, 5.74) is 5.20. The first kappa shape index (κ1) is 18.4. The molecule has 28 heavy (non-hydrogen) atoms. The van der Waals surface area contributed by atoms with Crippen LogP contribution in [-0.4, -0.2) is 10.9 Å². The molecule has 0 aliphatic heterocycles. The maximum absolute atomic E-state index is 13.4. The second-order valence-corrected chi connectivity index (χ2v) is 7.83. The molecular weight excluding hydrogens is 364 g/mol. The first-order chi connectivity index (χ1) is 13.7. The van der Waals surface area contributed by atoms with Crippen LogP contribution in [0.2, 0.25) is 0 Å². The van der Waals surface area contributed by atoms with Gasteiger partial charge >= 0.3 is 0 Å². The third-order valence-corrected chi connectivity index (χ3v) is 5.95. The molecule has 0 fully saturated rings. The normalized spacial score (nSPS) is 10.9. The molecule has 0 aliphatic rings. The number of aryl methyl sites for hydroxylation is 2. The van der Waals surface area contributed by atoms with E-state index in [9.17, 15) is 4.79 Å². The highest BCUT2D eigenvalue weighted by molar-refractivity contribution is 7.22. The second kappa shape index (κ2) is 7.95. The van der Waals surface area contributed by atoms with Crippen LogP contribution in [0.3, 0.4) is 0 Å². The van der Waals surface area contributed by atoms with Gasteiger partial charge < -0.3 is 0 Å². The monoisotopic (exact) mass is 386 g/mol. The summed E-state index contributed by atoms with van der Waals surface area (Å²) in [4.78, 5) is 19.9. The van der Waals surface area contributed by atoms with Crippen LogP contribution in [0.5, 0.6) is 0 Å². The third-order valence-electron chi connectivity index (χ3n) is 4.93. The zero-order valence-electron chi connectivity index (χ0n) is 16.1. The predicted molar refractivity (Wildman–Crippen MR) is 117 cm³/mol. The van der Waals surface area contributed by atoms with Gasteiger partial charge in [0.2, 0.25) is 5.91 Å². The number of fused-ring (bicyclic) bond motifs is 1. The largest absolute Gasteiger partial charge is 0.274 e. The standard InChI is InChI=1S/C24H22N2OS/c1-3-18-12-14-20(15-13-18)26(23(27)16-19-9-5-4-8-17(19)2)24-25-21-10-6-7-11-22(21)28-24/h4-15H,3,16H2,1-2H3. The molecule has 3 nitrogen and oxygen atoms in total. The van der Waals surface area contributed by atoms with Gasteiger partial charge in [0.05, 0.1) is 22.3 Å². The van der Waals surface area contributed by atoms with Gasteiger partial charge in [-0.3, -0.25) is 9.69 Å². The van der Waals surface area contributed by atoms with Gasteiger partial charge in [0.25, 0.3) is 0 Å². The fourth-order valence-corrected chi connectivity index (χ4v) is 4.25. The summed E-state index contributed by atoms with van der Waals surface area (Å²) in [6, 6.07) is 24.2. The molecule has 3 aromatic carbocycles. The Morgan fingerprint density at radius 3 is 2.39 bits per heavy atom. The van der Waals surface area contributed by atoms with Crippen LogP contribution < -0.4 is 4.90 Å². The first-order valence-electron chi connectivity index (χ1n) is 9.47. The van der Waals surface area contributed by atoms with E-state index in [0.29, 0.717) is 11.6 Å². The van der Waals surface area contributed by atoms with Crippen molar-refractivity contribution in [3.63, 3.8) is 0 Å². The number of para-hydroxylation sites is 1. The lowest BCUT2D eigenvalue weighted by atomic mass is 10.1. The van der Waals surface area contributed by atoms with Gasteiger partial charge in [-0.05, 0) is 54.3 Å². The highest BCUT2D eigenvalue weighted by atomic mass is 32.1. The zero-order valence-corrected chi connectivity index (χ0v) is 16.9. The number of carbonyl (C=O) groups excluding carboxylic acids is 1. The summed E-state index contributed by atoms with van der Waals surface area (Å²) < 4.78 is 1.08. The molecule has 0 bridgehead atoms. The second-order valence-electron chi connectivity index (χ2n) is 6.82. The van der Waals surface area contributed by atoms with E-state index in [0.717, 1.165) is 33.5 Å². The van der Waals surface area contributed by atoms with Crippen molar-refractivity contribution in [1.82, 2.24) is 4.98 Å². The average molecular weight is 387 g/mol. The van der Waals surface area contributed by atoms with Crippen molar-refractivity contribution < 1.29 is 4.79 Å². The number of anilines is 2. The van der Waals surface area contributed by atoms with Crippen molar-refractivity contribution in [2.24, 2.45) is 0 Å². The smallest absolute Gasteiger partial charge is 0.237 e. The van der Waals surface area contributed by atoms with Gasteiger partial charge in [0.1, 0.15) is 0 Å². The molecule has 140 valence electrons. The van der Waals surface area contributed by atoms with Crippen LogP contribution in [0.15, 0.2) is 72.8 Å². The summed E-state index contributed by atoms with van der Waals surface area (Å²) in [7, 11) is 0. The molecule has 4 heteroatoms. The molecule has 0 N–H and O–H groups in total. The summed E-state index contributed by atoms with van der Waals surface area (Å²) >= 11 is 1.55. The number of nitrogens with zero attached hydrogens (tertiary/aromatic N) is 2. The Morgan fingerprint density at radius 1 is 0.964 bits per heavy atom. The minimum absolute atomic E-state index is 0.0256. The summed E-state index contributed by atoms with van der Waals surface area (Å²) in [6.07, 6.45) is 1.32. The van der Waals surface area contributed by atoms with Gasteiger partial charge in [-0.25, -0.2) is 4.98 Å². The van der Waals surface area contributed by atoms with E-state index in [-0.39, 0.29) is 5.91 Å². The van der Waals surface area contributed by atoms with Crippen LogP contribution in [0.25, 0.3) is 10.2 Å². The molecule has 1 heterocycles. The number of rotatable bonds is 5. The average Bonchev–Trinajstić information content (AvgIpc) is 3.14. The molecule has 0 aliphatic carbocycles. The van der Waals surface area contributed by atoms with Gasteiger partial charge in [-0.2, -0.15) is 0 Å². The van der Waals surface area contributed by atoms with Gasteiger partial charge in [0.15, 0.2) is 5.13 Å². The van der Waals surface area contributed by atoms with Crippen molar-refractivity contribution in [1.29, 1.82) is 0 Å². The fourth-order valence-electron chi connectivity index (χ4n) is 3.25. The minimum Gasteiger partial charge on any atom is -0.274 e. The maximum atomic E-state index is 13.4. The van der Waals surface area contributed by atoms with Crippen LogP contribution in [0, 0.1) is 6.92 Å². The molecule has 1 aromatic heterocycles. The Morgan fingerprint density at radius 2 is 1.68 bits per heavy atom. The lowest BCUT2D eigenvalue weighted by Gasteiger charge is -2.21. The topological polar surface area (TPSA) is 33.2 Å². The maximum Gasteiger partial charge on any atom is 0.237 e. The van der Waals surface area contributed by atoms with Gasteiger partial charge in [-0.1, -0.05) is 66.8 Å². The SMILES string of the molecule is CCc1ccc(N(C(=O)Cc2ccccc2C)c2nc3ccccc3s2)cc1. The van der Waals surface area contributed by atoms with Gasteiger partial charge in [-0.15, -0.1) is 0 Å². The molecule has 0 saturated heterocycles. The van der Waals surface area contributed by atoms with Crippen LogP contribution in [-0.2, 0) is 17.6 Å². The molecule has 0 unspecified atom stereocenters. The number of amides is 1. The zero-order chi connectivity index (χ0) is 19.5. The number of hydrogen-bond donors (Lipinski definition) is 0. The lowest BCUT2D eigenvalue weighted by Crippen LogP contribution is -2.27. The fraction of sp³-hybridized carbons (Fsp3) is 0.167. The van der Waals surface area contributed by atoms with Crippen molar-refractivity contribution >= 4 is 38.3 Å². The molecule has 0 atom stereocenters. The summed E-state index contributed by atoms with van der Waals surface area (Å²) in [5.74, 6) is 0.0256. The van der Waals surface area contributed by atoms with E-state index in [1.165, 1.54) is 5.56 Å². The van der Waals surface area contributed by atoms with Crippen LogP contribution in [0.4, 0.5) is 10.8 Å². The Hall–Kier alpha value is -2.98. The lowest BCUT2D eigenvalue weighted by molar-refractivity contribution is -0.117. The molecular formula is C24H22N2OS. The molecule has 0 saturated carbocycles. The van der Waals surface area contributed by atoms with E-state index in [4.69, 9.17) is 4.98 Å². The highest BCUT2D eigenvalue weighted by Gasteiger charge is 2.22. The molecule has 1 amide bonds. The number of thiazole rings is 1. The number of benzene rings is 3. The van der Waals surface area contributed by atoms with E-state index < -0.39 is 0 Å². The summed E-state index contributed by atoms with van der Waals surface area (Å²) in [6.45, 7) is 4.17. The molecule has 4 aromatic rings. The molecule has 4 rings (SSSR count). The Balaban J connectivity index is 1.75. The summed E-state index contributed by atoms with van der Waals surface area (Å²) in [5, 5.41) is 0.712. The van der Waals surface area contributed by atoms with Crippen LogP contribution in [0.1, 0.15) is 23.6 Å². The van der Waals surface area contributed by atoms with Crippen molar-refractivity contribution in [2.45, 2.75) is 26.7 Å². The van der Waals surface area contributed by atoms with E-state index in [1.54, 1.807) is 16.2 Å². The highest BCUT2D eigenvalue weighted by Crippen LogP contribution is 2.34. The van der Waals surface area contributed by atoms with Crippen molar-refractivity contribution in [3.05, 3.63) is 89.5 Å². The van der Waals surface area contributed by atoms with Crippen molar-refractivity contribution in [3.8, 4) is 0 Å². The predicted octanol–water partition coefficient (Wildman–Crippen LogP) is 6.07. The Bertz CT molecular complexity index is 1080. The molecule has 0 spiro atoms. The third kappa shape index (κ3) is 3.69. The molecule has 0 radical (unpaired) electrons. The van der Waals surface area contributed by atoms with E-state index in [1.807, 2.05) is 67.6 Å². The van der Waals surface area contributed by atoms with Crippen LogP contribution >= 0.6 is 11.3 Å². The van der Waals surface area contributed by atoms with E-state index in [2.05, 4.69) is 19.1 Å². The number of carbonyl (C=O) groups is 1.